The van der Waals surface area contributed by atoms with Gasteiger partial charge in [0.05, 0.1) is 0 Å². The Hall–Kier alpha value is -2.34. The van der Waals surface area contributed by atoms with Gasteiger partial charge in [-0.25, -0.2) is 5.48 Å². The van der Waals surface area contributed by atoms with Gasteiger partial charge in [-0.05, 0) is 31.4 Å². The highest BCUT2D eigenvalue weighted by atomic mass is 16.5. The fraction of sp³-hybridized carbons (Fsp3) is 0.444. The Kier molecular flexibility index (Phi) is 8.57. The first-order valence-electron chi connectivity index (χ1n) is 8.14. The number of rotatable bonds is 3. The molecular formula is C18H26N2O4. The molecule has 1 aromatic rings. The second-order valence-electron chi connectivity index (χ2n) is 5.91. The third-order valence-electron chi connectivity index (χ3n) is 3.62. The smallest absolute Gasteiger partial charge is 0.267 e. The highest BCUT2D eigenvalue weighted by molar-refractivity contribution is 5.91. The molecular weight excluding hydrogens is 308 g/mol. The molecule has 2 amide bonds. The van der Waals surface area contributed by atoms with Crippen LogP contribution in [0.25, 0.3) is 6.08 Å². The van der Waals surface area contributed by atoms with E-state index in [1.54, 1.807) is 18.2 Å². The fourth-order valence-electron chi connectivity index (χ4n) is 2.31. The zero-order valence-electron chi connectivity index (χ0n) is 14.2. The van der Waals surface area contributed by atoms with Gasteiger partial charge in [-0.2, -0.15) is 0 Å². The van der Waals surface area contributed by atoms with Crippen molar-refractivity contribution in [3.8, 4) is 5.75 Å². The Labute approximate surface area is 142 Å². The predicted octanol–water partition coefficient (Wildman–Crippen LogP) is 2.57. The zero-order chi connectivity index (χ0) is 17.9. The van der Waals surface area contributed by atoms with Crippen molar-refractivity contribution < 1.29 is 19.9 Å². The molecule has 6 heteroatoms. The van der Waals surface area contributed by atoms with Gasteiger partial charge < -0.3 is 10.0 Å². The van der Waals surface area contributed by atoms with Crippen molar-refractivity contribution in [1.29, 1.82) is 0 Å². The molecule has 0 radical (unpaired) electrons. The lowest BCUT2D eigenvalue weighted by atomic mass is 10.1. The molecule has 24 heavy (non-hydrogen) atoms. The van der Waals surface area contributed by atoms with Gasteiger partial charge in [0.2, 0.25) is 5.91 Å². The maximum absolute atomic E-state index is 11.4. The quantitative estimate of drug-likeness (QED) is 0.450. The molecule has 0 unspecified atom stereocenters. The first kappa shape index (κ1) is 19.7. The number of piperidine rings is 1. The summed E-state index contributed by atoms with van der Waals surface area (Å²) in [5.41, 5.74) is 1.97. The molecule has 0 saturated carbocycles. The second kappa shape index (κ2) is 10.4. The number of carbonyl (C=O) groups is 2. The van der Waals surface area contributed by atoms with E-state index in [0.717, 1.165) is 19.2 Å². The van der Waals surface area contributed by atoms with E-state index >= 15 is 0 Å². The Bertz CT molecular complexity index is 564. The van der Waals surface area contributed by atoms with Gasteiger partial charge in [-0.3, -0.25) is 14.8 Å². The summed E-state index contributed by atoms with van der Waals surface area (Å²) in [5, 5.41) is 17.4. The largest absolute Gasteiger partial charge is 0.507 e. The molecule has 1 saturated heterocycles. The van der Waals surface area contributed by atoms with Crippen LogP contribution in [0.2, 0.25) is 0 Å². The van der Waals surface area contributed by atoms with Crippen LogP contribution in [0.15, 0.2) is 30.3 Å². The monoisotopic (exact) mass is 334 g/mol. The number of para-hydroxylation sites is 1. The zero-order valence-corrected chi connectivity index (χ0v) is 14.2. The van der Waals surface area contributed by atoms with Crippen LogP contribution < -0.4 is 5.48 Å². The van der Waals surface area contributed by atoms with Gasteiger partial charge in [0, 0.05) is 30.6 Å². The minimum Gasteiger partial charge on any atom is -0.507 e. The number of amides is 2. The molecule has 1 aromatic carbocycles. The molecule has 3 N–H and O–H groups in total. The topological polar surface area (TPSA) is 89.9 Å². The minimum atomic E-state index is -0.636. The lowest BCUT2D eigenvalue weighted by Crippen LogP contribution is -2.38. The molecule has 6 nitrogen and oxygen atoms in total. The highest BCUT2D eigenvalue weighted by Gasteiger charge is 2.18. The molecule has 132 valence electrons. The number of aromatic hydroxyl groups is 1. The second-order valence-corrected chi connectivity index (χ2v) is 5.91. The summed E-state index contributed by atoms with van der Waals surface area (Å²) < 4.78 is 0. The van der Waals surface area contributed by atoms with Crippen LogP contribution >= 0.6 is 0 Å². The normalized spacial score (nSPS) is 14.2. The molecule has 0 bridgehead atoms. The number of hydroxylamine groups is 1. The SMILES string of the molecule is CC(C)C(=O)N1CCCCC1.O=C(/C=C/c1ccccc1O)NO. The Morgan fingerprint density at radius 2 is 1.79 bits per heavy atom. The van der Waals surface area contributed by atoms with Crippen molar-refractivity contribution in [2.24, 2.45) is 5.92 Å². The summed E-state index contributed by atoms with van der Waals surface area (Å²) >= 11 is 0. The van der Waals surface area contributed by atoms with Crippen molar-refractivity contribution in [2.75, 3.05) is 13.1 Å². The average Bonchev–Trinajstić information content (AvgIpc) is 2.61. The maximum atomic E-state index is 11.4. The van der Waals surface area contributed by atoms with Crippen molar-refractivity contribution in [1.82, 2.24) is 10.4 Å². The lowest BCUT2D eigenvalue weighted by molar-refractivity contribution is -0.135. The summed E-state index contributed by atoms with van der Waals surface area (Å²) in [5.74, 6) is -0.0504. The number of nitrogens with zero attached hydrogens (tertiary/aromatic N) is 1. The Morgan fingerprint density at radius 3 is 2.33 bits per heavy atom. The minimum absolute atomic E-state index is 0.0875. The fourth-order valence-corrected chi connectivity index (χ4v) is 2.31. The van der Waals surface area contributed by atoms with E-state index in [1.165, 1.54) is 36.9 Å². The maximum Gasteiger partial charge on any atom is 0.267 e. The summed E-state index contributed by atoms with van der Waals surface area (Å²) in [6.07, 6.45) is 6.20. The molecule has 0 spiro atoms. The first-order chi connectivity index (χ1) is 11.5. The van der Waals surface area contributed by atoms with Crippen molar-refractivity contribution in [3.05, 3.63) is 35.9 Å². The molecule has 0 atom stereocenters. The number of phenolic OH excluding ortho intramolecular Hbond substituents is 1. The van der Waals surface area contributed by atoms with E-state index in [-0.39, 0.29) is 11.7 Å². The number of phenols is 1. The summed E-state index contributed by atoms with van der Waals surface area (Å²) in [7, 11) is 0. The third-order valence-corrected chi connectivity index (χ3v) is 3.62. The van der Waals surface area contributed by atoms with Crippen LogP contribution in [-0.2, 0) is 9.59 Å². The number of nitrogens with one attached hydrogen (secondary N) is 1. The van der Waals surface area contributed by atoms with Gasteiger partial charge in [0.1, 0.15) is 5.75 Å². The van der Waals surface area contributed by atoms with Crippen LogP contribution in [0.1, 0.15) is 38.7 Å². The van der Waals surface area contributed by atoms with Gasteiger partial charge in [0.25, 0.3) is 5.91 Å². The van der Waals surface area contributed by atoms with Gasteiger partial charge in [-0.1, -0.05) is 32.0 Å². The molecule has 2 rings (SSSR count). The number of hydrogen-bond donors (Lipinski definition) is 3. The van der Waals surface area contributed by atoms with Crippen molar-refractivity contribution >= 4 is 17.9 Å². The van der Waals surface area contributed by atoms with E-state index < -0.39 is 5.91 Å². The molecule has 1 fully saturated rings. The van der Waals surface area contributed by atoms with Crippen molar-refractivity contribution in [2.45, 2.75) is 33.1 Å². The molecule has 0 aliphatic carbocycles. The van der Waals surface area contributed by atoms with E-state index in [9.17, 15) is 14.7 Å². The van der Waals surface area contributed by atoms with E-state index in [2.05, 4.69) is 0 Å². The van der Waals surface area contributed by atoms with Crippen LogP contribution in [0.4, 0.5) is 0 Å². The van der Waals surface area contributed by atoms with Gasteiger partial charge in [-0.15, -0.1) is 0 Å². The molecule has 1 heterocycles. The Morgan fingerprint density at radius 1 is 1.17 bits per heavy atom. The van der Waals surface area contributed by atoms with E-state index in [0.29, 0.717) is 11.5 Å². The number of carbonyl (C=O) groups excluding carboxylic acids is 2. The van der Waals surface area contributed by atoms with Gasteiger partial charge >= 0.3 is 0 Å². The van der Waals surface area contributed by atoms with Gasteiger partial charge in [0.15, 0.2) is 0 Å². The summed E-state index contributed by atoms with van der Waals surface area (Å²) in [6, 6.07) is 6.57. The van der Waals surface area contributed by atoms with Crippen LogP contribution in [0.3, 0.4) is 0 Å². The average molecular weight is 334 g/mol. The predicted molar refractivity (Wildman–Crippen MR) is 92.3 cm³/mol. The number of benzene rings is 1. The molecule has 1 aliphatic rings. The van der Waals surface area contributed by atoms with Crippen LogP contribution in [0.5, 0.6) is 5.75 Å². The molecule has 0 aromatic heterocycles. The van der Waals surface area contributed by atoms with Crippen LogP contribution in [0, 0.1) is 5.92 Å². The van der Waals surface area contributed by atoms with Crippen LogP contribution in [-0.4, -0.2) is 40.1 Å². The first-order valence-corrected chi connectivity index (χ1v) is 8.14. The number of hydrogen-bond acceptors (Lipinski definition) is 4. The number of likely N-dealkylation sites (tertiary alicyclic amines) is 1. The summed E-state index contributed by atoms with van der Waals surface area (Å²) in [6.45, 7) is 5.90. The molecule has 1 aliphatic heterocycles. The van der Waals surface area contributed by atoms with E-state index in [4.69, 9.17) is 5.21 Å². The third kappa shape index (κ3) is 6.83. The standard InChI is InChI=1S/C9H9NO3.C9H17NO/c11-8-4-2-1-3-7(8)5-6-9(12)10-13;1-8(2)9(11)10-6-4-3-5-7-10/h1-6,11,13H,(H,10,12);8H,3-7H2,1-2H3/b6-5+;. The van der Waals surface area contributed by atoms with Crippen molar-refractivity contribution in [3.63, 3.8) is 0 Å². The summed E-state index contributed by atoms with van der Waals surface area (Å²) in [4.78, 5) is 24.0. The highest BCUT2D eigenvalue weighted by Crippen LogP contribution is 2.16. The Balaban J connectivity index is 0.000000243. The lowest BCUT2D eigenvalue weighted by Gasteiger charge is -2.28. The van der Waals surface area contributed by atoms with E-state index in [1.807, 2.05) is 18.7 Å².